The first-order valence-corrected chi connectivity index (χ1v) is 10.1. The van der Waals surface area contributed by atoms with Crippen molar-refractivity contribution in [3.05, 3.63) is 95.8 Å². The van der Waals surface area contributed by atoms with E-state index in [1.165, 1.54) is 5.56 Å². The number of para-hydroxylation sites is 2. The monoisotopic (exact) mass is 399 g/mol. The predicted molar refractivity (Wildman–Crippen MR) is 119 cm³/mol. The smallest absolute Gasteiger partial charge is 0.251 e. The van der Waals surface area contributed by atoms with Crippen molar-refractivity contribution < 1.29 is 9.53 Å². The Morgan fingerprint density at radius 3 is 2.43 bits per heavy atom. The van der Waals surface area contributed by atoms with Crippen molar-refractivity contribution in [1.29, 1.82) is 0 Å². The minimum atomic E-state index is -0.0899. The summed E-state index contributed by atoms with van der Waals surface area (Å²) in [6.07, 6.45) is 1.79. The highest BCUT2D eigenvalue weighted by Gasteiger charge is 2.11. The van der Waals surface area contributed by atoms with Crippen LogP contribution in [-0.4, -0.2) is 29.1 Å². The van der Waals surface area contributed by atoms with Gasteiger partial charge in [0.05, 0.1) is 18.1 Å². The molecule has 1 amide bonds. The van der Waals surface area contributed by atoms with Crippen LogP contribution in [0, 0.1) is 0 Å². The van der Waals surface area contributed by atoms with Gasteiger partial charge in [-0.25, -0.2) is 4.98 Å². The third-order valence-corrected chi connectivity index (χ3v) is 5.19. The van der Waals surface area contributed by atoms with Crippen LogP contribution >= 0.6 is 0 Å². The Kier molecular flexibility index (Phi) is 6.09. The SMILES string of the molecule is COc1ccc(C(=O)NCCn2c(CCc3ccccc3)nc3ccccc32)cc1. The van der Waals surface area contributed by atoms with Crippen LogP contribution in [0.5, 0.6) is 5.75 Å². The summed E-state index contributed by atoms with van der Waals surface area (Å²) in [6.45, 7) is 1.20. The molecule has 4 rings (SSSR count). The molecule has 5 nitrogen and oxygen atoms in total. The number of nitrogens with zero attached hydrogens (tertiary/aromatic N) is 2. The zero-order valence-electron chi connectivity index (χ0n) is 17.0. The number of carbonyl (C=O) groups is 1. The molecule has 0 aliphatic rings. The van der Waals surface area contributed by atoms with Gasteiger partial charge in [0, 0.05) is 25.1 Å². The number of aromatic nitrogens is 2. The number of aryl methyl sites for hydroxylation is 2. The number of methoxy groups -OCH3 is 1. The summed E-state index contributed by atoms with van der Waals surface area (Å²) in [5.41, 5.74) is 4.00. The number of hydrogen-bond acceptors (Lipinski definition) is 3. The molecular weight excluding hydrogens is 374 g/mol. The van der Waals surface area contributed by atoms with E-state index in [9.17, 15) is 4.79 Å². The minimum Gasteiger partial charge on any atom is -0.497 e. The Labute approximate surface area is 176 Å². The lowest BCUT2D eigenvalue weighted by atomic mass is 10.1. The van der Waals surface area contributed by atoms with E-state index in [0.29, 0.717) is 18.7 Å². The van der Waals surface area contributed by atoms with Gasteiger partial charge in [0.25, 0.3) is 5.91 Å². The van der Waals surface area contributed by atoms with Crippen molar-refractivity contribution in [2.24, 2.45) is 0 Å². The summed E-state index contributed by atoms with van der Waals surface area (Å²) in [5.74, 6) is 1.69. The maximum atomic E-state index is 12.5. The van der Waals surface area contributed by atoms with Gasteiger partial charge in [-0.1, -0.05) is 42.5 Å². The normalized spacial score (nSPS) is 10.8. The second kappa shape index (κ2) is 9.27. The van der Waals surface area contributed by atoms with E-state index in [2.05, 4.69) is 40.2 Å². The molecule has 5 heteroatoms. The van der Waals surface area contributed by atoms with Crippen molar-refractivity contribution in [3.63, 3.8) is 0 Å². The van der Waals surface area contributed by atoms with Crippen LogP contribution in [0.4, 0.5) is 0 Å². The lowest BCUT2D eigenvalue weighted by Crippen LogP contribution is -2.27. The number of imidazole rings is 1. The number of nitrogens with one attached hydrogen (secondary N) is 1. The fraction of sp³-hybridized carbons (Fsp3) is 0.200. The lowest BCUT2D eigenvalue weighted by molar-refractivity contribution is 0.0952. The van der Waals surface area contributed by atoms with Crippen molar-refractivity contribution in [3.8, 4) is 5.75 Å². The fourth-order valence-electron chi connectivity index (χ4n) is 3.59. The van der Waals surface area contributed by atoms with Crippen LogP contribution in [0.25, 0.3) is 11.0 Å². The van der Waals surface area contributed by atoms with E-state index in [-0.39, 0.29) is 5.91 Å². The van der Waals surface area contributed by atoms with Gasteiger partial charge in [-0.15, -0.1) is 0 Å². The van der Waals surface area contributed by atoms with Crippen molar-refractivity contribution in [1.82, 2.24) is 14.9 Å². The molecule has 0 unspecified atom stereocenters. The molecule has 0 spiro atoms. The van der Waals surface area contributed by atoms with E-state index >= 15 is 0 Å². The molecule has 0 atom stereocenters. The van der Waals surface area contributed by atoms with Gasteiger partial charge in [-0.3, -0.25) is 4.79 Å². The molecule has 0 radical (unpaired) electrons. The van der Waals surface area contributed by atoms with Gasteiger partial charge in [-0.2, -0.15) is 0 Å². The highest BCUT2D eigenvalue weighted by atomic mass is 16.5. The van der Waals surface area contributed by atoms with Crippen LogP contribution < -0.4 is 10.1 Å². The van der Waals surface area contributed by atoms with E-state index in [4.69, 9.17) is 9.72 Å². The van der Waals surface area contributed by atoms with Gasteiger partial charge in [0.15, 0.2) is 0 Å². The maximum absolute atomic E-state index is 12.5. The quantitative estimate of drug-likeness (QED) is 0.482. The van der Waals surface area contributed by atoms with E-state index < -0.39 is 0 Å². The van der Waals surface area contributed by atoms with Gasteiger partial charge in [0.1, 0.15) is 11.6 Å². The summed E-state index contributed by atoms with van der Waals surface area (Å²) < 4.78 is 7.36. The molecule has 1 aromatic heterocycles. The molecule has 30 heavy (non-hydrogen) atoms. The molecule has 0 bridgehead atoms. The Hall–Kier alpha value is -3.60. The summed E-state index contributed by atoms with van der Waals surface area (Å²) in [6, 6.07) is 25.7. The standard InChI is InChI=1S/C25H25N3O2/c1-30-21-14-12-20(13-15-21)25(29)26-17-18-28-23-10-6-5-9-22(23)27-24(28)16-11-19-7-3-2-4-8-19/h2-10,12-15H,11,16-18H2,1H3,(H,26,29). The average molecular weight is 399 g/mol. The molecule has 4 aromatic rings. The summed E-state index contributed by atoms with van der Waals surface area (Å²) in [7, 11) is 1.61. The molecule has 1 heterocycles. The number of ether oxygens (including phenoxy) is 1. The fourth-order valence-corrected chi connectivity index (χ4v) is 3.59. The van der Waals surface area contributed by atoms with Gasteiger partial charge >= 0.3 is 0 Å². The van der Waals surface area contributed by atoms with Crippen molar-refractivity contribution >= 4 is 16.9 Å². The summed E-state index contributed by atoms with van der Waals surface area (Å²) in [4.78, 5) is 17.3. The Bertz CT molecular complexity index is 1120. The first-order chi connectivity index (χ1) is 14.7. The topological polar surface area (TPSA) is 56.1 Å². The van der Waals surface area contributed by atoms with Crippen molar-refractivity contribution in [2.45, 2.75) is 19.4 Å². The largest absolute Gasteiger partial charge is 0.497 e. The zero-order valence-corrected chi connectivity index (χ0v) is 17.0. The zero-order chi connectivity index (χ0) is 20.8. The number of fused-ring (bicyclic) bond motifs is 1. The van der Waals surface area contributed by atoms with Crippen LogP contribution in [0.15, 0.2) is 78.9 Å². The maximum Gasteiger partial charge on any atom is 0.251 e. The third kappa shape index (κ3) is 4.51. The summed E-state index contributed by atoms with van der Waals surface area (Å²) in [5, 5.41) is 3.01. The predicted octanol–water partition coefficient (Wildman–Crippen LogP) is 4.26. The van der Waals surface area contributed by atoms with E-state index in [1.807, 2.05) is 24.3 Å². The van der Waals surface area contributed by atoms with E-state index in [0.717, 1.165) is 35.4 Å². The number of benzene rings is 3. The molecule has 0 aliphatic heterocycles. The van der Waals surface area contributed by atoms with Gasteiger partial charge < -0.3 is 14.6 Å². The van der Waals surface area contributed by atoms with Gasteiger partial charge in [-0.05, 0) is 48.4 Å². The number of rotatable bonds is 8. The number of amides is 1. The van der Waals surface area contributed by atoms with Crippen LogP contribution in [-0.2, 0) is 19.4 Å². The second-order valence-corrected chi connectivity index (χ2v) is 7.14. The lowest BCUT2D eigenvalue weighted by Gasteiger charge is -2.11. The molecule has 3 aromatic carbocycles. The highest BCUT2D eigenvalue weighted by Crippen LogP contribution is 2.18. The van der Waals surface area contributed by atoms with Crippen LogP contribution in [0.1, 0.15) is 21.7 Å². The number of hydrogen-bond donors (Lipinski definition) is 1. The van der Waals surface area contributed by atoms with Crippen molar-refractivity contribution in [2.75, 3.05) is 13.7 Å². The molecule has 152 valence electrons. The molecule has 0 saturated carbocycles. The molecule has 0 saturated heterocycles. The summed E-state index contributed by atoms with van der Waals surface area (Å²) >= 11 is 0. The Morgan fingerprint density at radius 2 is 1.67 bits per heavy atom. The Balaban J connectivity index is 1.45. The Morgan fingerprint density at radius 1 is 0.933 bits per heavy atom. The minimum absolute atomic E-state index is 0.0899. The first-order valence-electron chi connectivity index (χ1n) is 10.1. The highest BCUT2D eigenvalue weighted by molar-refractivity contribution is 5.94. The molecular formula is C25H25N3O2. The van der Waals surface area contributed by atoms with Crippen LogP contribution in [0.2, 0.25) is 0 Å². The first kappa shape index (κ1) is 19.7. The van der Waals surface area contributed by atoms with E-state index in [1.54, 1.807) is 31.4 Å². The second-order valence-electron chi connectivity index (χ2n) is 7.14. The number of carbonyl (C=O) groups excluding carboxylic acids is 1. The average Bonchev–Trinajstić information content (AvgIpc) is 3.16. The molecule has 0 fully saturated rings. The molecule has 1 N–H and O–H groups in total. The molecule has 0 aliphatic carbocycles. The van der Waals surface area contributed by atoms with Gasteiger partial charge in [0.2, 0.25) is 0 Å². The van der Waals surface area contributed by atoms with Crippen LogP contribution in [0.3, 0.4) is 0 Å². The third-order valence-electron chi connectivity index (χ3n) is 5.19.